The van der Waals surface area contributed by atoms with Gasteiger partial charge in [0.1, 0.15) is 11.5 Å². The summed E-state index contributed by atoms with van der Waals surface area (Å²) in [4.78, 5) is 11.0. The topological polar surface area (TPSA) is 44.8 Å². The van der Waals surface area contributed by atoms with Crippen LogP contribution in [0.25, 0.3) is 0 Å². The van der Waals surface area contributed by atoms with Gasteiger partial charge in [-0.15, -0.1) is 0 Å². The molecule has 0 fully saturated rings. The minimum absolute atomic E-state index is 0.310. The number of hydrogen-bond donors (Lipinski definition) is 0. The maximum Gasteiger partial charge on any atom is 0.330 e. The SMILES string of the molecule is C=CC(=O)OCCCOc1ccc(C#CC2=CC=C(C#Cc3ccc(OC)cc3)CC2C)cc1. The van der Waals surface area contributed by atoms with Crippen molar-refractivity contribution in [1.82, 2.24) is 0 Å². The highest BCUT2D eigenvalue weighted by molar-refractivity contribution is 5.81. The van der Waals surface area contributed by atoms with E-state index in [0.717, 1.165) is 46.3 Å². The Labute approximate surface area is 201 Å². The molecule has 0 saturated heterocycles. The van der Waals surface area contributed by atoms with Crippen molar-refractivity contribution in [3.05, 3.63) is 95.6 Å². The van der Waals surface area contributed by atoms with Crippen LogP contribution >= 0.6 is 0 Å². The lowest BCUT2D eigenvalue weighted by Gasteiger charge is -2.14. The Hall–Kier alpha value is -4.15. The van der Waals surface area contributed by atoms with Crippen LogP contribution in [0.5, 0.6) is 11.5 Å². The lowest BCUT2D eigenvalue weighted by molar-refractivity contribution is -0.137. The number of allylic oxidation sites excluding steroid dienone is 4. The molecule has 1 atom stereocenters. The van der Waals surface area contributed by atoms with E-state index in [1.54, 1.807) is 7.11 Å². The second kappa shape index (κ2) is 12.8. The molecule has 34 heavy (non-hydrogen) atoms. The highest BCUT2D eigenvalue weighted by atomic mass is 16.5. The Bertz CT molecular complexity index is 1180. The maximum atomic E-state index is 11.0. The largest absolute Gasteiger partial charge is 0.497 e. The first-order valence-corrected chi connectivity index (χ1v) is 11.2. The van der Waals surface area contributed by atoms with Crippen molar-refractivity contribution in [2.45, 2.75) is 19.8 Å². The van der Waals surface area contributed by atoms with E-state index < -0.39 is 5.97 Å². The zero-order valence-corrected chi connectivity index (χ0v) is 19.6. The van der Waals surface area contributed by atoms with Crippen molar-refractivity contribution < 1.29 is 19.0 Å². The van der Waals surface area contributed by atoms with Crippen molar-refractivity contribution in [3.8, 4) is 35.2 Å². The third-order valence-corrected chi connectivity index (χ3v) is 5.15. The monoisotopic (exact) mass is 452 g/mol. The molecular formula is C30H28O4. The molecule has 0 aliphatic heterocycles. The first-order valence-electron chi connectivity index (χ1n) is 11.2. The second-order valence-corrected chi connectivity index (χ2v) is 7.75. The van der Waals surface area contributed by atoms with Gasteiger partial charge in [0.15, 0.2) is 0 Å². The summed E-state index contributed by atoms with van der Waals surface area (Å²) in [5.74, 6) is 14.5. The fraction of sp³-hybridized carbons (Fsp3) is 0.233. The highest BCUT2D eigenvalue weighted by Crippen LogP contribution is 2.24. The number of methoxy groups -OCH3 is 1. The number of benzene rings is 2. The van der Waals surface area contributed by atoms with Gasteiger partial charge in [0, 0.05) is 34.8 Å². The van der Waals surface area contributed by atoms with Gasteiger partial charge in [-0.25, -0.2) is 4.79 Å². The Morgan fingerprint density at radius 3 is 2.21 bits per heavy atom. The molecule has 1 aliphatic rings. The van der Waals surface area contributed by atoms with Gasteiger partial charge in [0.2, 0.25) is 0 Å². The van der Waals surface area contributed by atoms with E-state index in [9.17, 15) is 4.79 Å². The van der Waals surface area contributed by atoms with Crippen LogP contribution < -0.4 is 9.47 Å². The predicted molar refractivity (Wildman–Crippen MR) is 134 cm³/mol. The van der Waals surface area contributed by atoms with Crippen LogP contribution in [-0.2, 0) is 9.53 Å². The van der Waals surface area contributed by atoms with Crippen LogP contribution in [-0.4, -0.2) is 26.3 Å². The summed E-state index contributed by atoms with van der Waals surface area (Å²) in [5.41, 5.74) is 4.10. The van der Waals surface area contributed by atoms with Gasteiger partial charge in [0.25, 0.3) is 0 Å². The van der Waals surface area contributed by atoms with E-state index in [1.807, 2.05) is 48.5 Å². The summed E-state index contributed by atoms with van der Waals surface area (Å²) in [7, 11) is 1.65. The number of hydrogen-bond acceptors (Lipinski definition) is 4. The van der Waals surface area contributed by atoms with Crippen molar-refractivity contribution in [2.24, 2.45) is 5.92 Å². The van der Waals surface area contributed by atoms with Gasteiger partial charge in [-0.05, 0) is 73.0 Å². The van der Waals surface area contributed by atoms with Crippen molar-refractivity contribution in [2.75, 3.05) is 20.3 Å². The molecule has 0 bridgehead atoms. The minimum atomic E-state index is -0.418. The summed E-state index contributed by atoms with van der Waals surface area (Å²) >= 11 is 0. The average Bonchev–Trinajstić information content (AvgIpc) is 2.87. The molecule has 0 N–H and O–H groups in total. The van der Waals surface area contributed by atoms with Crippen LogP contribution in [0.3, 0.4) is 0 Å². The molecule has 2 aromatic carbocycles. The van der Waals surface area contributed by atoms with Crippen LogP contribution in [0, 0.1) is 29.6 Å². The molecule has 0 aromatic heterocycles. The smallest absolute Gasteiger partial charge is 0.330 e. The minimum Gasteiger partial charge on any atom is -0.497 e. The Kier molecular flexibility index (Phi) is 9.20. The Balaban J connectivity index is 1.53. The molecule has 0 radical (unpaired) electrons. The molecule has 0 saturated carbocycles. The van der Waals surface area contributed by atoms with Crippen molar-refractivity contribution >= 4 is 5.97 Å². The normalized spacial score (nSPS) is 14.2. The van der Waals surface area contributed by atoms with E-state index in [0.29, 0.717) is 25.6 Å². The van der Waals surface area contributed by atoms with Crippen molar-refractivity contribution in [3.63, 3.8) is 0 Å². The zero-order chi connectivity index (χ0) is 24.2. The van der Waals surface area contributed by atoms with Gasteiger partial charge in [-0.1, -0.05) is 37.2 Å². The molecule has 1 unspecified atom stereocenters. The third kappa shape index (κ3) is 7.76. The number of carbonyl (C=O) groups is 1. The molecule has 0 spiro atoms. The quantitative estimate of drug-likeness (QED) is 0.241. The Morgan fingerprint density at radius 2 is 1.59 bits per heavy atom. The van der Waals surface area contributed by atoms with E-state index in [2.05, 4.69) is 49.3 Å². The number of ether oxygens (including phenoxy) is 3. The maximum absolute atomic E-state index is 11.0. The summed E-state index contributed by atoms with van der Waals surface area (Å²) in [6.07, 6.45) is 6.77. The molecule has 0 amide bonds. The summed E-state index contributed by atoms with van der Waals surface area (Å²) < 4.78 is 15.8. The first kappa shape index (κ1) is 24.5. The molecule has 3 rings (SSSR count). The average molecular weight is 453 g/mol. The number of esters is 1. The summed E-state index contributed by atoms with van der Waals surface area (Å²) in [5, 5.41) is 0. The number of rotatable bonds is 7. The highest BCUT2D eigenvalue weighted by Gasteiger charge is 2.12. The molecule has 4 nitrogen and oxygen atoms in total. The molecular weight excluding hydrogens is 424 g/mol. The van der Waals surface area contributed by atoms with Crippen LogP contribution in [0.15, 0.2) is 84.5 Å². The standard InChI is InChI=1S/C30H28O4/c1-4-30(31)34-21-5-20-33-29-18-12-25(13-19-29)8-14-27-15-9-26(22-23(27)2)7-6-24-10-16-28(32-3)17-11-24/h4,9-13,15-19,23H,1,5,20-22H2,2-3H3. The van der Waals surface area contributed by atoms with E-state index in [-0.39, 0.29) is 0 Å². The lowest BCUT2D eigenvalue weighted by Crippen LogP contribution is -2.06. The predicted octanol–water partition coefficient (Wildman–Crippen LogP) is 5.49. The van der Waals surface area contributed by atoms with Gasteiger partial charge in [-0.2, -0.15) is 0 Å². The van der Waals surface area contributed by atoms with Gasteiger partial charge >= 0.3 is 5.97 Å². The Morgan fingerprint density at radius 1 is 0.941 bits per heavy atom. The summed E-state index contributed by atoms with van der Waals surface area (Å²) in [6, 6.07) is 15.4. The van der Waals surface area contributed by atoms with Crippen molar-refractivity contribution in [1.29, 1.82) is 0 Å². The zero-order valence-electron chi connectivity index (χ0n) is 19.6. The molecule has 4 heteroatoms. The fourth-order valence-electron chi connectivity index (χ4n) is 3.21. The van der Waals surface area contributed by atoms with E-state index >= 15 is 0 Å². The third-order valence-electron chi connectivity index (χ3n) is 5.15. The molecule has 172 valence electrons. The number of carbonyl (C=O) groups excluding carboxylic acids is 1. The van der Waals surface area contributed by atoms with Gasteiger partial charge in [-0.3, -0.25) is 0 Å². The van der Waals surface area contributed by atoms with E-state index in [1.165, 1.54) is 0 Å². The first-order chi connectivity index (χ1) is 16.6. The van der Waals surface area contributed by atoms with E-state index in [4.69, 9.17) is 14.2 Å². The second-order valence-electron chi connectivity index (χ2n) is 7.75. The molecule has 0 heterocycles. The van der Waals surface area contributed by atoms with Crippen LogP contribution in [0.1, 0.15) is 30.9 Å². The van der Waals surface area contributed by atoms with Crippen LogP contribution in [0.4, 0.5) is 0 Å². The van der Waals surface area contributed by atoms with Crippen LogP contribution in [0.2, 0.25) is 0 Å². The molecule has 1 aliphatic carbocycles. The fourth-order valence-corrected chi connectivity index (χ4v) is 3.21. The lowest BCUT2D eigenvalue weighted by atomic mass is 9.88. The summed E-state index contributed by atoms with van der Waals surface area (Å²) in [6.45, 7) is 6.31. The van der Waals surface area contributed by atoms with Gasteiger partial charge < -0.3 is 14.2 Å². The molecule has 2 aromatic rings. The van der Waals surface area contributed by atoms with Gasteiger partial charge in [0.05, 0.1) is 20.3 Å².